The summed E-state index contributed by atoms with van der Waals surface area (Å²) < 4.78 is 6.50. The third-order valence-electron chi connectivity index (χ3n) is 5.51. The molecule has 0 bridgehead atoms. The summed E-state index contributed by atoms with van der Waals surface area (Å²) >= 11 is 0. The van der Waals surface area contributed by atoms with Crippen LogP contribution in [0, 0.1) is 6.92 Å². The van der Waals surface area contributed by atoms with Crippen LogP contribution in [0.4, 0.5) is 11.4 Å². The van der Waals surface area contributed by atoms with Gasteiger partial charge in [-0.1, -0.05) is 11.6 Å². The van der Waals surface area contributed by atoms with Gasteiger partial charge in [-0.3, -0.25) is 28.8 Å². The molecule has 0 saturated heterocycles. The van der Waals surface area contributed by atoms with Crippen LogP contribution in [-0.2, 0) is 16.1 Å². The predicted molar refractivity (Wildman–Crippen MR) is 128 cm³/mol. The monoisotopic (exact) mass is 475 g/mol. The average Bonchev–Trinajstić information content (AvgIpc) is 3.36. The van der Waals surface area contributed by atoms with Gasteiger partial charge in [0.2, 0.25) is 11.8 Å². The molecular formula is C25H25N5O5. The Hall–Kier alpha value is -4.47. The van der Waals surface area contributed by atoms with E-state index in [2.05, 4.69) is 15.7 Å². The van der Waals surface area contributed by atoms with E-state index in [9.17, 15) is 19.2 Å². The molecule has 2 aromatic carbocycles. The first-order chi connectivity index (χ1) is 16.8. The lowest BCUT2D eigenvalue weighted by atomic mass is 10.1. The number of benzene rings is 2. The number of carbonyl (C=O) groups is 4. The van der Waals surface area contributed by atoms with Crippen LogP contribution in [0.25, 0.3) is 0 Å². The van der Waals surface area contributed by atoms with Crippen molar-refractivity contribution in [2.24, 2.45) is 0 Å². The fraction of sp³-hybridized carbons (Fsp3) is 0.240. The second-order valence-corrected chi connectivity index (χ2v) is 8.17. The van der Waals surface area contributed by atoms with Crippen molar-refractivity contribution in [2.75, 3.05) is 24.3 Å². The lowest BCUT2D eigenvalue weighted by Crippen LogP contribution is -2.31. The number of imide groups is 1. The molecule has 1 aliphatic heterocycles. The molecule has 1 aliphatic rings. The number of rotatable bonds is 9. The van der Waals surface area contributed by atoms with Crippen LogP contribution in [0.3, 0.4) is 0 Å². The molecule has 3 aromatic rings. The normalized spacial score (nSPS) is 12.5. The molecule has 4 amide bonds. The Balaban J connectivity index is 1.22. The molecule has 0 aliphatic carbocycles. The predicted octanol–water partition coefficient (Wildman–Crippen LogP) is 2.85. The van der Waals surface area contributed by atoms with E-state index in [-0.39, 0.29) is 43.1 Å². The van der Waals surface area contributed by atoms with Gasteiger partial charge in [0.1, 0.15) is 12.3 Å². The molecule has 10 heteroatoms. The van der Waals surface area contributed by atoms with Gasteiger partial charge in [0.25, 0.3) is 11.8 Å². The van der Waals surface area contributed by atoms with Crippen molar-refractivity contribution >= 4 is 35.0 Å². The van der Waals surface area contributed by atoms with E-state index in [1.165, 1.54) is 15.8 Å². The SMILES string of the molecule is COc1ccc(NC(=O)Cn2cc(NC(=O)CCCN3C(=O)c4ccc(C)cc4C3=O)cn2)cc1. The van der Waals surface area contributed by atoms with Crippen molar-refractivity contribution in [1.82, 2.24) is 14.7 Å². The molecule has 0 unspecified atom stereocenters. The summed E-state index contributed by atoms with van der Waals surface area (Å²) in [7, 11) is 1.57. The molecule has 4 rings (SSSR count). The molecule has 2 N–H and O–H groups in total. The highest BCUT2D eigenvalue weighted by atomic mass is 16.5. The van der Waals surface area contributed by atoms with Gasteiger partial charge >= 0.3 is 0 Å². The number of carbonyl (C=O) groups excluding carboxylic acids is 4. The van der Waals surface area contributed by atoms with Crippen LogP contribution >= 0.6 is 0 Å². The Kier molecular flexibility index (Phi) is 6.91. The van der Waals surface area contributed by atoms with Crippen molar-refractivity contribution < 1.29 is 23.9 Å². The molecule has 35 heavy (non-hydrogen) atoms. The van der Waals surface area contributed by atoms with Gasteiger partial charge in [0.15, 0.2) is 0 Å². The molecule has 0 radical (unpaired) electrons. The van der Waals surface area contributed by atoms with Crippen LogP contribution in [-0.4, -0.2) is 52.0 Å². The zero-order chi connectivity index (χ0) is 24.9. The molecule has 0 atom stereocenters. The molecule has 0 spiro atoms. The van der Waals surface area contributed by atoms with Gasteiger partial charge in [0.05, 0.1) is 30.1 Å². The van der Waals surface area contributed by atoms with Crippen molar-refractivity contribution in [3.8, 4) is 5.75 Å². The first-order valence-electron chi connectivity index (χ1n) is 11.1. The maximum absolute atomic E-state index is 12.5. The summed E-state index contributed by atoms with van der Waals surface area (Å²) in [6.07, 6.45) is 3.45. The highest BCUT2D eigenvalue weighted by molar-refractivity contribution is 6.21. The maximum atomic E-state index is 12.5. The van der Waals surface area contributed by atoms with E-state index >= 15 is 0 Å². The largest absolute Gasteiger partial charge is 0.497 e. The zero-order valence-electron chi connectivity index (χ0n) is 19.4. The minimum Gasteiger partial charge on any atom is -0.497 e. The van der Waals surface area contributed by atoms with Crippen LogP contribution in [0.1, 0.15) is 39.1 Å². The first kappa shape index (κ1) is 23.7. The van der Waals surface area contributed by atoms with Gasteiger partial charge in [-0.05, 0) is 49.7 Å². The van der Waals surface area contributed by atoms with Crippen molar-refractivity contribution in [1.29, 1.82) is 0 Å². The fourth-order valence-electron chi connectivity index (χ4n) is 3.77. The second kappa shape index (κ2) is 10.2. The fourth-order valence-corrected chi connectivity index (χ4v) is 3.77. The van der Waals surface area contributed by atoms with Crippen LogP contribution in [0.15, 0.2) is 54.9 Å². The van der Waals surface area contributed by atoms with E-state index in [1.54, 1.807) is 55.8 Å². The molecule has 0 fully saturated rings. The molecule has 180 valence electrons. The summed E-state index contributed by atoms with van der Waals surface area (Å²) in [6.45, 7) is 1.99. The highest BCUT2D eigenvalue weighted by Gasteiger charge is 2.34. The van der Waals surface area contributed by atoms with Gasteiger partial charge in [-0.15, -0.1) is 0 Å². The quantitative estimate of drug-likeness (QED) is 0.459. The Morgan fingerprint density at radius 2 is 1.66 bits per heavy atom. The standard InChI is InChI=1S/C25H25N5O5/c1-16-5-10-20-21(12-16)25(34)30(24(20)33)11-3-4-22(31)28-18-13-26-29(14-18)15-23(32)27-17-6-8-19(35-2)9-7-17/h5-10,12-14H,3-4,11,15H2,1-2H3,(H,27,32)(H,28,31). The minimum absolute atomic E-state index is 0.0267. The number of anilines is 2. The Labute approximate surface area is 201 Å². The Morgan fingerprint density at radius 1 is 0.943 bits per heavy atom. The zero-order valence-corrected chi connectivity index (χ0v) is 19.4. The number of fused-ring (bicyclic) bond motifs is 1. The molecule has 10 nitrogen and oxygen atoms in total. The van der Waals surface area contributed by atoms with Crippen molar-refractivity contribution in [3.05, 3.63) is 71.5 Å². The third-order valence-corrected chi connectivity index (χ3v) is 5.51. The Bertz CT molecular complexity index is 1280. The number of aromatic nitrogens is 2. The summed E-state index contributed by atoms with van der Waals surface area (Å²) in [5, 5.41) is 9.57. The van der Waals surface area contributed by atoms with Gasteiger partial charge in [-0.2, -0.15) is 5.10 Å². The van der Waals surface area contributed by atoms with E-state index in [0.717, 1.165) is 5.56 Å². The molecule has 0 saturated carbocycles. The number of nitrogens with zero attached hydrogens (tertiary/aromatic N) is 3. The summed E-state index contributed by atoms with van der Waals surface area (Å²) in [6, 6.07) is 12.1. The smallest absolute Gasteiger partial charge is 0.261 e. The molecule has 2 heterocycles. The summed E-state index contributed by atoms with van der Waals surface area (Å²) in [5.41, 5.74) is 2.79. The second-order valence-electron chi connectivity index (χ2n) is 8.17. The van der Waals surface area contributed by atoms with Gasteiger partial charge in [-0.25, -0.2) is 0 Å². The van der Waals surface area contributed by atoms with E-state index in [1.807, 2.05) is 6.92 Å². The third kappa shape index (κ3) is 5.55. The van der Waals surface area contributed by atoms with E-state index in [4.69, 9.17) is 4.74 Å². The van der Waals surface area contributed by atoms with Gasteiger partial charge in [0, 0.05) is 24.8 Å². The number of hydrogen-bond donors (Lipinski definition) is 2. The van der Waals surface area contributed by atoms with Crippen LogP contribution in [0.2, 0.25) is 0 Å². The summed E-state index contributed by atoms with van der Waals surface area (Å²) in [5.74, 6) is -0.524. The number of amides is 4. The number of ether oxygens (including phenoxy) is 1. The number of nitrogens with one attached hydrogen (secondary N) is 2. The molecular weight excluding hydrogens is 450 g/mol. The molecule has 1 aromatic heterocycles. The van der Waals surface area contributed by atoms with Crippen LogP contribution in [0.5, 0.6) is 5.75 Å². The average molecular weight is 476 g/mol. The maximum Gasteiger partial charge on any atom is 0.261 e. The van der Waals surface area contributed by atoms with E-state index in [0.29, 0.717) is 34.7 Å². The highest BCUT2D eigenvalue weighted by Crippen LogP contribution is 2.24. The van der Waals surface area contributed by atoms with Crippen LogP contribution < -0.4 is 15.4 Å². The summed E-state index contributed by atoms with van der Waals surface area (Å²) in [4.78, 5) is 50.7. The minimum atomic E-state index is -0.334. The Morgan fingerprint density at radius 3 is 2.40 bits per heavy atom. The lowest BCUT2D eigenvalue weighted by molar-refractivity contribution is -0.117. The lowest BCUT2D eigenvalue weighted by Gasteiger charge is -2.13. The topological polar surface area (TPSA) is 123 Å². The number of hydrogen-bond acceptors (Lipinski definition) is 6. The number of methoxy groups -OCH3 is 1. The van der Waals surface area contributed by atoms with Crippen molar-refractivity contribution in [3.63, 3.8) is 0 Å². The first-order valence-corrected chi connectivity index (χ1v) is 11.1. The van der Waals surface area contributed by atoms with E-state index < -0.39 is 0 Å². The van der Waals surface area contributed by atoms with Gasteiger partial charge < -0.3 is 15.4 Å². The van der Waals surface area contributed by atoms with Crippen molar-refractivity contribution in [2.45, 2.75) is 26.3 Å². The number of aryl methyl sites for hydroxylation is 1.